The van der Waals surface area contributed by atoms with Crippen molar-refractivity contribution in [3.63, 3.8) is 0 Å². The molecule has 44 valence electrons. The SMILES string of the molecule is CCOCC(=O)O.[KH]. The Balaban J connectivity index is 0. The van der Waals surface area contributed by atoms with E-state index in [1.54, 1.807) is 6.92 Å². The monoisotopic (exact) mass is 144 g/mol. The van der Waals surface area contributed by atoms with Crippen molar-refractivity contribution in [3.05, 3.63) is 0 Å². The van der Waals surface area contributed by atoms with Crippen molar-refractivity contribution >= 4 is 57.4 Å². The molecule has 0 rings (SSSR count). The Labute approximate surface area is 90.8 Å². The van der Waals surface area contributed by atoms with Crippen LogP contribution in [0.3, 0.4) is 0 Å². The predicted octanol–water partition coefficient (Wildman–Crippen LogP) is -0.541. The molecule has 0 unspecified atom stereocenters. The van der Waals surface area contributed by atoms with E-state index in [0.29, 0.717) is 6.61 Å². The van der Waals surface area contributed by atoms with Gasteiger partial charge >= 0.3 is 57.4 Å². The molecule has 0 aliphatic carbocycles. The quantitative estimate of drug-likeness (QED) is 0.541. The number of carboxylic acid groups (broad SMARTS) is 1. The second-order valence-corrected chi connectivity index (χ2v) is 1.03. The summed E-state index contributed by atoms with van der Waals surface area (Å²) in [5, 5.41) is 7.92. The van der Waals surface area contributed by atoms with Crippen molar-refractivity contribution in [2.45, 2.75) is 6.92 Å². The van der Waals surface area contributed by atoms with Crippen LogP contribution in [0.15, 0.2) is 0 Å². The summed E-state index contributed by atoms with van der Waals surface area (Å²) in [5.74, 6) is -0.915. The summed E-state index contributed by atoms with van der Waals surface area (Å²) in [4.78, 5) is 9.63. The van der Waals surface area contributed by atoms with E-state index in [4.69, 9.17) is 5.11 Å². The number of ether oxygens (including phenoxy) is 1. The van der Waals surface area contributed by atoms with Crippen LogP contribution in [0.1, 0.15) is 6.92 Å². The minimum absolute atomic E-state index is 0. The Morgan fingerprint density at radius 3 is 2.38 bits per heavy atom. The second kappa shape index (κ2) is 8.07. The molecular formula is C4H9KO3. The molecule has 0 atom stereocenters. The molecule has 0 aromatic carbocycles. The summed E-state index contributed by atoms with van der Waals surface area (Å²) in [6, 6.07) is 0. The Morgan fingerprint density at radius 1 is 1.75 bits per heavy atom. The van der Waals surface area contributed by atoms with Gasteiger partial charge in [-0.3, -0.25) is 0 Å². The Kier molecular flexibility index (Phi) is 11.9. The van der Waals surface area contributed by atoms with Gasteiger partial charge in [0.2, 0.25) is 0 Å². The van der Waals surface area contributed by atoms with Crippen LogP contribution in [0, 0.1) is 0 Å². The van der Waals surface area contributed by atoms with E-state index in [1.807, 2.05) is 0 Å². The topological polar surface area (TPSA) is 46.5 Å². The van der Waals surface area contributed by atoms with Crippen LogP contribution < -0.4 is 0 Å². The third kappa shape index (κ3) is 10.1. The minimum atomic E-state index is -0.915. The van der Waals surface area contributed by atoms with Crippen LogP contribution in [-0.2, 0) is 9.53 Å². The van der Waals surface area contributed by atoms with E-state index in [2.05, 4.69) is 4.74 Å². The maximum absolute atomic E-state index is 9.63. The van der Waals surface area contributed by atoms with Crippen molar-refractivity contribution in [2.75, 3.05) is 13.2 Å². The molecule has 0 fully saturated rings. The van der Waals surface area contributed by atoms with Gasteiger partial charge in [0.25, 0.3) is 0 Å². The normalized spacial score (nSPS) is 7.62. The molecule has 0 saturated heterocycles. The van der Waals surface area contributed by atoms with Crippen LogP contribution in [0.5, 0.6) is 0 Å². The molecule has 0 aliphatic heterocycles. The molecular weight excluding hydrogens is 135 g/mol. The van der Waals surface area contributed by atoms with E-state index < -0.39 is 5.97 Å². The predicted molar refractivity (Wildman–Crippen MR) is 31.3 cm³/mol. The summed E-state index contributed by atoms with van der Waals surface area (Å²) in [6.07, 6.45) is 0. The van der Waals surface area contributed by atoms with E-state index in [0.717, 1.165) is 0 Å². The van der Waals surface area contributed by atoms with Gasteiger partial charge in [-0.2, -0.15) is 0 Å². The first-order valence-corrected chi connectivity index (χ1v) is 2.07. The van der Waals surface area contributed by atoms with Crippen molar-refractivity contribution in [3.8, 4) is 0 Å². The van der Waals surface area contributed by atoms with E-state index in [1.165, 1.54) is 0 Å². The van der Waals surface area contributed by atoms with Crippen LogP contribution >= 0.6 is 0 Å². The molecule has 0 spiro atoms. The van der Waals surface area contributed by atoms with Gasteiger partial charge in [0.1, 0.15) is 6.61 Å². The molecule has 4 heteroatoms. The standard InChI is InChI=1S/C4H8O3.K.H/c1-2-7-3-4(5)6;;/h2-3H2,1H3,(H,5,6);;. The molecule has 0 aromatic rings. The molecule has 0 saturated carbocycles. The fraction of sp³-hybridized carbons (Fsp3) is 0.750. The number of hydrogen-bond acceptors (Lipinski definition) is 2. The van der Waals surface area contributed by atoms with Gasteiger partial charge in [-0.05, 0) is 6.92 Å². The average Bonchev–Trinajstić information content (AvgIpc) is 1.61. The molecule has 0 amide bonds. The number of carboxylic acids is 1. The molecule has 0 aromatic heterocycles. The molecule has 1 N–H and O–H groups in total. The number of rotatable bonds is 3. The molecule has 0 radical (unpaired) electrons. The average molecular weight is 144 g/mol. The maximum atomic E-state index is 9.63. The van der Waals surface area contributed by atoms with Gasteiger partial charge in [0, 0.05) is 6.61 Å². The first-order chi connectivity index (χ1) is 3.27. The zero-order valence-electron chi connectivity index (χ0n) is 4.18. The zero-order chi connectivity index (χ0) is 5.70. The first-order valence-electron chi connectivity index (χ1n) is 2.07. The van der Waals surface area contributed by atoms with Crippen molar-refractivity contribution in [2.24, 2.45) is 0 Å². The van der Waals surface area contributed by atoms with Gasteiger partial charge in [0.05, 0.1) is 0 Å². The van der Waals surface area contributed by atoms with Crippen molar-refractivity contribution < 1.29 is 14.6 Å². The summed E-state index contributed by atoms with van der Waals surface area (Å²) in [6.45, 7) is 2.03. The Morgan fingerprint density at radius 2 is 2.25 bits per heavy atom. The number of aliphatic carboxylic acids is 1. The Hall–Kier alpha value is 1.07. The first kappa shape index (κ1) is 11.8. The van der Waals surface area contributed by atoms with Gasteiger partial charge in [-0.1, -0.05) is 0 Å². The van der Waals surface area contributed by atoms with Crippen LogP contribution in [0.4, 0.5) is 0 Å². The van der Waals surface area contributed by atoms with Gasteiger partial charge < -0.3 is 9.84 Å². The fourth-order valence-electron chi connectivity index (χ4n) is 0.189. The van der Waals surface area contributed by atoms with Gasteiger partial charge in [-0.15, -0.1) is 0 Å². The number of carbonyl (C=O) groups is 1. The number of hydrogen-bond donors (Lipinski definition) is 1. The van der Waals surface area contributed by atoms with E-state index in [9.17, 15) is 4.79 Å². The van der Waals surface area contributed by atoms with Gasteiger partial charge in [-0.25, -0.2) is 4.79 Å². The molecule has 3 nitrogen and oxygen atoms in total. The van der Waals surface area contributed by atoms with E-state index >= 15 is 0 Å². The summed E-state index contributed by atoms with van der Waals surface area (Å²) < 4.78 is 4.50. The third-order valence-corrected chi connectivity index (χ3v) is 0.430. The molecule has 0 bridgehead atoms. The fourth-order valence-corrected chi connectivity index (χ4v) is 0.189. The van der Waals surface area contributed by atoms with E-state index in [-0.39, 0.29) is 58.0 Å². The second-order valence-electron chi connectivity index (χ2n) is 1.03. The van der Waals surface area contributed by atoms with Crippen LogP contribution in [-0.4, -0.2) is 75.7 Å². The van der Waals surface area contributed by atoms with Crippen LogP contribution in [0.25, 0.3) is 0 Å². The van der Waals surface area contributed by atoms with Crippen molar-refractivity contribution in [1.82, 2.24) is 0 Å². The van der Waals surface area contributed by atoms with Crippen LogP contribution in [0.2, 0.25) is 0 Å². The molecule has 0 aliphatic rings. The molecule has 0 heterocycles. The Bertz CT molecular complexity index is 64.3. The summed E-state index contributed by atoms with van der Waals surface area (Å²) >= 11 is 0. The summed E-state index contributed by atoms with van der Waals surface area (Å²) in [7, 11) is 0. The summed E-state index contributed by atoms with van der Waals surface area (Å²) in [5.41, 5.74) is 0. The van der Waals surface area contributed by atoms with Gasteiger partial charge in [0.15, 0.2) is 0 Å². The third-order valence-electron chi connectivity index (χ3n) is 0.430. The van der Waals surface area contributed by atoms with Crippen molar-refractivity contribution in [1.29, 1.82) is 0 Å². The molecule has 8 heavy (non-hydrogen) atoms. The zero-order valence-corrected chi connectivity index (χ0v) is 4.18.